The lowest BCUT2D eigenvalue weighted by Crippen LogP contribution is -1.82. The van der Waals surface area contributed by atoms with Gasteiger partial charge < -0.3 is 0 Å². The van der Waals surface area contributed by atoms with Gasteiger partial charge in [-0.15, -0.1) is 0 Å². The molecule has 0 bridgehead atoms. The summed E-state index contributed by atoms with van der Waals surface area (Å²) in [6.07, 6.45) is 7.20. The Kier molecular flexibility index (Phi) is 3.42. The van der Waals surface area contributed by atoms with Crippen molar-refractivity contribution >= 4 is 0 Å². The van der Waals surface area contributed by atoms with Crippen LogP contribution in [0.5, 0.6) is 0 Å². The van der Waals surface area contributed by atoms with E-state index in [4.69, 9.17) is 0 Å². The van der Waals surface area contributed by atoms with E-state index in [0.717, 1.165) is 17.8 Å². The molecule has 0 saturated heterocycles. The molecule has 0 heterocycles. The summed E-state index contributed by atoms with van der Waals surface area (Å²) in [5, 5.41) is 0. The predicted molar refractivity (Wildman–Crippen MR) is 50.6 cm³/mol. The fourth-order valence-corrected chi connectivity index (χ4v) is 2.36. The van der Waals surface area contributed by atoms with Gasteiger partial charge in [0.15, 0.2) is 0 Å². The summed E-state index contributed by atoms with van der Waals surface area (Å²) in [4.78, 5) is 0. The molecule has 0 spiro atoms. The molecule has 0 aromatic rings. The molecule has 0 aromatic carbocycles. The maximum absolute atomic E-state index is 2.43. The zero-order chi connectivity index (χ0) is 8.27. The highest BCUT2D eigenvalue weighted by Gasteiger charge is 2.44. The Balaban J connectivity index is 2.09. The quantitative estimate of drug-likeness (QED) is 0.564. The van der Waals surface area contributed by atoms with E-state index in [0.29, 0.717) is 0 Å². The zero-order valence-electron chi connectivity index (χ0n) is 8.27. The van der Waals surface area contributed by atoms with Gasteiger partial charge in [-0.1, -0.05) is 46.5 Å². The summed E-state index contributed by atoms with van der Waals surface area (Å²) in [7, 11) is 0. The van der Waals surface area contributed by atoms with E-state index < -0.39 is 0 Å². The van der Waals surface area contributed by atoms with E-state index in [1.165, 1.54) is 32.1 Å². The Morgan fingerprint density at radius 3 is 2.09 bits per heavy atom. The van der Waals surface area contributed by atoms with Gasteiger partial charge in [-0.2, -0.15) is 0 Å². The third-order valence-corrected chi connectivity index (χ3v) is 3.27. The van der Waals surface area contributed by atoms with E-state index in [-0.39, 0.29) is 0 Å². The van der Waals surface area contributed by atoms with Crippen LogP contribution in [0, 0.1) is 17.8 Å². The van der Waals surface area contributed by atoms with Crippen LogP contribution < -0.4 is 0 Å². The molecule has 11 heavy (non-hydrogen) atoms. The average molecular weight is 154 g/mol. The Bertz CT molecular complexity index is 107. The van der Waals surface area contributed by atoms with Crippen LogP contribution in [0.4, 0.5) is 0 Å². The van der Waals surface area contributed by atoms with E-state index in [1.54, 1.807) is 0 Å². The molecule has 1 aliphatic rings. The van der Waals surface area contributed by atoms with Crippen molar-refractivity contribution in [2.24, 2.45) is 17.8 Å². The van der Waals surface area contributed by atoms with Crippen molar-refractivity contribution in [1.29, 1.82) is 0 Å². The van der Waals surface area contributed by atoms with Gasteiger partial charge in [0.2, 0.25) is 0 Å². The summed E-state index contributed by atoms with van der Waals surface area (Å²) in [5.74, 6) is 3.27. The van der Waals surface area contributed by atoms with Crippen LogP contribution >= 0.6 is 0 Å². The Morgan fingerprint density at radius 2 is 1.55 bits per heavy atom. The van der Waals surface area contributed by atoms with Crippen molar-refractivity contribution < 1.29 is 0 Å². The van der Waals surface area contributed by atoms with Crippen molar-refractivity contribution in [1.82, 2.24) is 0 Å². The fraction of sp³-hybridized carbons (Fsp3) is 1.00. The molecular formula is C11H22. The molecule has 1 fully saturated rings. The fourth-order valence-electron chi connectivity index (χ4n) is 2.36. The first-order valence-electron chi connectivity index (χ1n) is 5.31. The molecule has 3 unspecified atom stereocenters. The Morgan fingerprint density at radius 1 is 0.909 bits per heavy atom. The van der Waals surface area contributed by atoms with Crippen molar-refractivity contribution in [3.05, 3.63) is 0 Å². The standard InChI is InChI=1S/C11H22/c1-4-6-8-11-9(3)10(11)7-5-2/h9-11H,4-8H2,1-3H3. The van der Waals surface area contributed by atoms with Crippen LogP contribution in [-0.4, -0.2) is 0 Å². The lowest BCUT2D eigenvalue weighted by molar-refractivity contribution is 0.573. The van der Waals surface area contributed by atoms with Crippen LogP contribution in [-0.2, 0) is 0 Å². The molecule has 3 atom stereocenters. The van der Waals surface area contributed by atoms with E-state index in [1.807, 2.05) is 0 Å². The van der Waals surface area contributed by atoms with Gasteiger partial charge in [0.1, 0.15) is 0 Å². The number of unbranched alkanes of at least 4 members (excludes halogenated alkanes) is 1. The summed E-state index contributed by atoms with van der Waals surface area (Å²) < 4.78 is 0. The third kappa shape index (κ3) is 2.21. The Hall–Kier alpha value is 0. The van der Waals surface area contributed by atoms with Crippen LogP contribution in [0.15, 0.2) is 0 Å². The summed E-state index contributed by atoms with van der Waals surface area (Å²) in [6.45, 7) is 7.03. The first-order chi connectivity index (χ1) is 5.31. The second-order valence-electron chi connectivity index (χ2n) is 4.12. The molecular weight excluding hydrogens is 132 g/mol. The van der Waals surface area contributed by atoms with Gasteiger partial charge >= 0.3 is 0 Å². The molecule has 1 saturated carbocycles. The largest absolute Gasteiger partial charge is 0.0654 e. The smallest absolute Gasteiger partial charge is 0.0355 e. The van der Waals surface area contributed by atoms with Gasteiger partial charge in [-0.25, -0.2) is 0 Å². The molecule has 0 heteroatoms. The van der Waals surface area contributed by atoms with Gasteiger partial charge in [-0.3, -0.25) is 0 Å². The van der Waals surface area contributed by atoms with E-state index >= 15 is 0 Å². The molecule has 1 aliphatic carbocycles. The normalized spacial score (nSPS) is 35.7. The second-order valence-corrected chi connectivity index (χ2v) is 4.12. The number of hydrogen-bond donors (Lipinski definition) is 0. The summed E-state index contributed by atoms with van der Waals surface area (Å²) in [5.41, 5.74) is 0. The van der Waals surface area contributed by atoms with Crippen LogP contribution in [0.25, 0.3) is 0 Å². The van der Waals surface area contributed by atoms with Gasteiger partial charge in [0.05, 0.1) is 0 Å². The monoisotopic (exact) mass is 154 g/mol. The average Bonchev–Trinajstić information content (AvgIpc) is 2.59. The van der Waals surface area contributed by atoms with Crippen LogP contribution in [0.2, 0.25) is 0 Å². The number of rotatable bonds is 5. The molecule has 0 radical (unpaired) electrons. The van der Waals surface area contributed by atoms with Crippen LogP contribution in [0.1, 0.15) is 52.9 Å². The lowest BCUT2D eigenvalue weighted by atomic mass is 10.1. The minimum absolute atomic E-state index is 1.06. The summed E-state index contributed by atoms with van der Waals surface area (Å²) >= 11 is 0. The van der Waals surface area contributed by atoms with Crippen molar-refractivity contribution in [3.63, 3.8) is 0 Å². The van der Waals surface area contributed by atoms with E-state index in [2.05, 4.69) is 20.8 Å². The minimum atomic E-state index is 1.06. The van der Waals surface area contributed by atoms with Gasteiger partial charge in [0, 0.05) is 0 Å². The maximum atomic E-state index is 2.43. The third-order valence-electron chi connectivity index (χ3n) is 3.27. The van der Waals surface area contributed by atoms with E-state index in [9.17, 15) is 0 Å². The van der Waals surface area contributed by atoms with Gasteiger partial charge in [-0.05, 0) is 24.2 Å². The molecule has 1 rings (SSSR count). The molecule has 0 N–H and O–H groups in total. The molecule has 0 amide bonds. The second kappa shape index (κ2) is 4.13. The molecule has 0 nitrogen and oxygen atoms in total. The highest BCUT2D eigenvalue weighted by molar-refractivity contribution is 4.92. The maximum Gasteiger partial charge on any atom is -0.0355 e. The first kappa shape index (κ1) is 9.09. The van der Waals surface area contributed by atoms with Crippen molar-refractivity contribution in [2.75, 3.05) is 0 Å². The number of hydrogen-bond acceptors (Lipinski definition) is 0. The lowest BCUT2D eigenvalue weighted by Gasteiger charge is -1.95. The molecule has 0 aliphatic heterocycles. The Labute approximate surface area is 71.4 Å². The minimum Gasteiger partial charge on any atom is -0.0654 e. The predicted octanol–water partition coefficient (Wildman–Crippen LogP) is 3.86. The van der Waals surface area contributed by atoms with Crippen molar-refractivity contribution in [3.8, 4) is 0 Å². The van der Waals surface area contributed by atoms with Gasteiger partial charge in [0.25, 0.3) is 0 Å². The SMILES string of the molecule is CCCCC1C(C)C1CCC. The zero-order valence-corrected chi connectivity index (χ0v) is 8.27. The summed E-state index contributed by atoms with van der Waals surface area (Å²) in [6, 6.07) is 0. The molecule has 0 aromatic heterocycles. The highest BCUT2D eigenvalue weighted by Crippen LogP contribution is 2.51. The highest BCUT2D eigenvalue weighted by atomic mass is 14.5. The first-order valence-corrected chi connectivity index (χ1v) is 5.31. The topological polar surface area (TPSA) is 0 Å². The van der Waals surface area contributed by atoms with Crippen molar-refractivity contribution in [2.45, 2.75) is 52.9 Å². The van der Waals surface area contributed by atoms with Crippen LogP contribution in [0.3, 0.4) is 0 Å². The molecule has 66 valence electrons.